The number of amides is 2. The lowest BCUT2D eigenvalue weighted by molar-refractivity contribution is 0.0944. The Kier molecular flexibility index (Phi) is 4.19. The number of halogens is 1. The van der Waals surface area contributed by atoms with Crippen molar-refractivity contribution in [1.29, 1.82) is 0 Å². The number of ether oxygens (including phenoxy) is 1. The number of benzene rings is 2. The van der Waals surface area contributed by atoms with Crippen LogP contribution in [0.25, 0.3) is 10.9 Å². The Hall–Kier alpha value is -3.48. The molecule has 1 aliphatic heterocycles. The predicted molar refractivity (Wildman–Crippen MR) is 98.7 cm³/mol. The Bertz CT molecular complexity index is 1080. The maximum atomic E-state index is 14.9. The number of methoxy groups -OCH3 is 1. The number of pyridine rings is 1. The molecule has 1 aliphatic rings. The highest BCUT2D eigenvalue weighted by molar-refractivity contribution is 6.14. The molecule has 2 aromatic carbocycles. The number of fused-ring (bicyclic) bond motifs is 2. The van der Waals surface area contributed by atoms with Gasteiger partial charge in [0.2, 0.25) is 0 Å². The Morgan fingerprint density at radius 2 is 2.07 bits per heavy atom. The molecule has 0 unspecified atom stereocenters. The fourth-order valence-corrected chi connectivity index (χ4v) is 3.27. The first kappa shape index (κ1) is 17.0. The second-order valence-corrected chi connectivity index (χ2v) is 6.13. The first-order chi connectivity index (χ1) is 13.1. The average molecular weight is 365 g/mol. The largest absolute Gasteiger partial charge is 0.494 e. The van der Waals surface area contributed by atoms with Crippen molar-refractivity contribution in [2.45, 2.75) is 6.42 Å². The molecule has 0 saturated heterocycles. The molecular weight excluding hydrogens is 349 g/mol. The molecular formula is C20H16FN3O3. The van der Waals surface area contributed by atoms with E-state index >= 15 is 0 Å². The molecule has 0 spiro atoms. The van der Waals surface area contributed by atoms with Crippen LogP contribution in [-0.4, -0.2) is 30.5 Å². The van der Waals surface area contributed by atoms with Gasteiger partial charge in [0.15, 0.2) is 11.6 Å². The summed E-state index contributed by atoms with van der Waals surface area (Å²) in [5.74, 6) is -1.11. The average Bonchev–Trinajstić information content (AvgIpc) is 2.69. The number of hydrogen-bond donors (Lipinski definition) is 2. The first-order valence-electron chi connectivity index (χ1n) is 8.43. The standard InChI is InChI=1S/C20H16FN3O3/c1-27-16-10-23-14-5-3-2-4-13(14)17(16)20(26)24-15-7-6-12-11(18(15)21)8-9-22-19(12)25/h2-7,10H,8-9H2,1H3,(H,22,25)(H,24,26). The van der Waals surface area contributed by atoms with Gasteiger partial charge in [-0.05, 0) is 24.6 Å². The van der Waals surface area contributed by atoms with E-state index in [-0.39, 0.29) is 17.2 Å². The molecule has 7 heteroatoms. The van der Waals surface area contributed by atoms with Gasteiger partial charge in [0.25, 0.3) is 11.8 Å². The lowest BCUT2D eigenvalue weighted by Gasteiger charge is -2.19. The number of hydrogen-bond acceptors (Lipinski definition) is 4. The molecule has 27 heavy (non-hydrogen) atoms. The minimum Gasteiger partial charge on any atom is -0.494 e. The van der Waals surface area contributed by atoms with Crippen LogP contribution in [0.3, 0.4) is 0 Å². The van der Waals surface area contributed by atoms with E-state index < -0.39 is 11.7 Å². The van der Waals surface area contributed by atoms with Crippen LogP contribution in [-0.2, 0) is 6.42 Å². The minimum atomic E-state index is -0.590. The number of carbonyl (C=O) groups excluding carboxylic acids is 2. The second kappa shape index (κ2) is 6.68. The highest BCUT2D eigenvalue weighted by Gasteiger charge is 2.24. The molecule has 0 fully saturated rings. The molecule has 0 aliphatic carbocycles. The Morgan fingerprint density at radius 1 is 1.26 bits per heavy atom. The summed E-state index contributed by atoms with van der Waals surface area (Å²) in [6, 6.07) is 10.1. The lowest BCUT2D eigenvalue weighted by atomic mass is 9.98. The van der Waals surface area contributed by atoms with Crippen molar-refractivity contribution in [3.8, 4) is 5.75 Å². The van der Waals surface area contributed by atoms with Crippen LogP contribution in [0.2, 0.25) is 0 Å². The fourth-order valence-electron chi connectivity index (χ4n) is 3.27. The Balaban J connectivity index is 1.76. The van der Waals surface area contributed by atoms with Gasteiger partial charge in [-0.3, -0.25) is 14.6 Å². The van der Waals surface area contributed by atoms with Crippen LogP contribution in [0.1, 0.15) is 26.3 Å². The summed E-state index contributed by atoms with van der Waals surface area (Å²) in [6.45, 7) is 0.364. The van der Waals surface area contributed by atoms with E-state index in [1.165, 1.54) is 25.4 Å². The second-order valence-electron chi connectivity index (χ2n) is 6.13. The molecule has 2 amide bonds. The van der Waals surface area contributed by atoms with Crippen molar-refractivity contribution in [1.82, 2.24) is 10.3 Å². The number of nitrogens with zero attached hydrogens (tertiary/aromatic N) is 1. The highest BCUT2D eigenvalue weighted by atomic mass is 19.1. The van der Waals surface area contributed by atoms with E-state index in [0.29, 0.717) is 40.7 Å². The molecule has 136 valence electrons. The summed E-state index contributed by atoms with van der Waals surface area (Å²) in [4.78, 5) is 29.0. The first-order valence-corrected chi connectivity index (χ1v) is 8.43. The molecule has 0 atom stereocenters. The lowest BCUT2D eigenvalue weighted by Crippen LogP contribution is -2.32. The maximum absolute atomic E-state index is 14.9. The van der Waals surface area contributed by atoms with Gasteiger partial charge in [0.05, 0.1) is 30.1 Å². The summed E-state index contributed by atoms with van der Waals surface area (Å²) in [6.07, 6.45) is 1.84. The molecule has 0 saturated carbocycles. The van der Waals surface area contributed by atoms with Gasteiger partial charge in [-0.25, -0.2) is 4.39 Å². The molecule has 2 N–H and O–H groups in total. The van der Waals surface area contributed by atoms with Gasteiger partial charge >= 0.3 is 0 Å². The third-order valence-corrected chi connectivity index (χ3v) is 4.58. The normalized spacial score (nSPS) is 13.0. The fraction of sp³-hybridized carbons (Fsp3) is 0.150. The number of para-hydroxylation sites is 1. The van der Waals surface area contributed by atoms with Gasteiger partial charge in [-0.2, -0.15) is 0 Å². The number of carbonyl (C=O) groups is 2. The zero-order valence-electron chi connectivity index (χ0n) is 14.5. The summed E-state index contributed by atoms with van der Waals surface area (Å²) < 4.78 is 20.1. The Morgan fingerprint density at radius 3 is 2.89 bits per heavy atom. The quantitative estimate of drug-likeness (QED) is 0.748. The van der Waals surface area contributed by atoms with E-state index in [1.54, 1.807) is 18.2 Å². The molecule has 1 aromatic heterocycles. The van der Waals surface area contributed by atoms with E-state index in [0.717, 1.165) is 0 Å². The topological polar surface area (TPSA) is 80.3 Å². The van der Waals surface area contributed by atoms with Crippen molar-refractivity contribution in [2.75, 3.05) is 19.0 Å². The van der Waals surface area contributed by atoms with Crippen LogP contribution < -0.4 is 15.4 Å². The number of nitrogens with one attached hydrogen (secondary N) is 2. The summed E-state index contributed by atoms with van der Waals surface area (Å²) in [5.41, 5.74) is 1.53. The molecule has 0 bridgehead atoms. The van der Waals surface area contributed by atoms with Crippen molar-refractivity contribution in [2.24, 2.45) is 0 Å². The van der Waals surface area contributed by atoms with Crippen LogP contribution in [0.5, 0.6) is 5.75 Å². The molecule has 4 rings (SSSR count). The van der Waals surface area contributed by atoms with Gasteiger partial charge < -0.3 is 15.4 Å². The van der Waals surface area contributed by atoms with Gasteiger partial charge in [-0.15, -0.1) is 0 Å². The monoisotopic (exact) mass is 365 g/mol. The predicted octanol–water partition coefficient (Wildman–Crippen LogP) is 2.92. The number of rotatable bonds is 3. The number of anilines is 1. The zero-order valence-corrected chi connectivity index (χ0v) is 14.5. The Labute approximate surface area is 154 Å². The van der Waals surface area contributed by atoms with E-state index in [1.807, 2.05) is 6.07 Å². The van der Waals surface area contributed by atoms with Crippen LogP contribution >= 0.6 is 0 Å². The van der Waals surface area contributed by atoms with Gasteiger partial charge in [0, 0.05) is 23.1 Å². The molecule has 3 aromatic rings. The van der Waals surface area contributed by atoms with Gasteiger partial charge in [-0.1, -0.05) is 18.2 Å². The SMILES string of the molecule is COc1cnc2ccccc2c1C(=O)Nc1ccc2c(c1F)CCNC2=O. The van der Waals surface area contributed by atoms with Crippen molar-refractivity contribution < 1.29 is 18.7 Å². The summed E-state index contributed by atoms with van der Waals surface area (Å²) in [5, 5.41) is 5.88. The summed E-state index contributed by atoms with van der Waals surface area (Å²) >= 11 is 0. The maximum Gasteiger partial charge on any atom is 0.260 e. The zero-order chi connectivity index (χ0) is 19.0. The van der Waals surface area contributed by atoms with Crippen LogP contribution in [0.4, 0.5) is 10.1 Å². The molecule has 2 heterocycles. The third-order valence-electron chi connectivity index (χ3n) is 4.58. The highest BCUT2D eigenvalue weighted by Crippen LogP contribution is 2.29. The summed E-state index contributed by atoms with van der Waals surface area (Å²) in [7, 11) is 1.45. The van der Waals surface area contributed by atoms with Crippen molar-refractivity contribution in [3.05, 3.63) is 65.1 Å². The van der Waals surface area contributed by atoms with Gasteiger partial charge in [0.1, 0.15) is 0 Å². The third kappa shape index (κ3) is 2.87. The molecule has 0 radical (unpaired) electrons. The van der Waals surface area contributed by atoms with E-state index in [4.69, 9.17) is 4.74 Å². The number of aromatic nitrogens is 1. The van der Waals surface area contributed by atoms with Crippen LogP contribution in [0, 0.1) is 5.82 Å². The van der Waals surface area contributed by atoms with Crippen molar-refractivity contribution >= 4 is 28.4 Å². The molecule has 6 nitrogen and oxygen atoms in total. The van der Waals surface area contributed by atoms with E-state index in [2.05, 4.69) is 15.6 Å². The van der Waals surface area contributed by atoms with E-state index in [9.17, 15) is 14.0 Å². The van der Waals surface area contributed by atoms with Crippen LogP contribution in [0.15, 0.2) is 42.6 Å². The smallest absolute Gasteiger partial charge is 0.260 e. The minimum absolute atomic E-state index is 0.0244. The van der Waals surface area contributed by atoms with Crippen molar-refractivity contribution in [3.63, 3.8) is 0 Å².